The van der Waals surface area contributed by atoms with Gasteiger partial charge in [0.25, 0.3) is 0 Å². The number of urea groups is 1. The lowest BCUT2D eigenvalue weighted by molar-refractivity contribution is -0.137. The van der Waals surface area contributed by atoms with Crippen molar-refractivity contribution in [3.8, 4) is 0 Å². The number of aliphatic hydroxyl groups is 1. The van der Waals surface area contributed by atoms with Crippen LogP contribution in [0.3, 0.4) is 0 Å². The van der Waals surface area contributed by atoms with Gasteiger partial charge in [-0.05, 0) is 46.0 Å². The topological polar surface area (TPSA) is 89.9 Å². The number of hydrogen-bond donors (Lipinski definition) is 3. The summed E-state index contributed by atoms with van der Waals surface area (Å²) in [5.41, 5.74) is -0.537. The maximum absolute atomic E-state index is 12.4. The van der Waals surface area contributed by atoms with E-state index in [2.05, 4.69) is 5.32 Å². The lowest BCUT2D eigenvalue weighted by Gasteiger charge is -2.39. The summed E-state index contributed by atoms with van der Waals surface area (Å²) in [5.74, 6) is -0.853. The van der Waals surface area contributed by atoms with E-state index in [1.807, 2.05) is 18.7 Å². The van der Waals surface area contributed by atoms with E-state index in [4.69, 9.17) is 5.11 Å². The van der Waals surface area contributed by atoms with Gasteiger partial charge in [0.15, 0.2) is 0 Å². The highest BCUT2D eigenvalue weighted by molar-refractivity contribution is 5.76. The van der Waals surface area contributed by atoms with Crippen LogP contribution in [0.4, 0.5) is 4.79 Å². The summed E-state index contributed by atoms with van der Waals surface area (Å²) < 4.78 is 0. The first-order valence-corrected chi connectivity index (χ1v) is 7.29. The van der Waals surface area contributed by atoms with Gasteiger partial charge in [-0.2, -0.15) is 0 Å². The van der Waals surface area contributed by atoms with E-state index in [-0.39, 0.29) is 30.6 Å². The SMILES string of the molecule is CC(C)(CCC(=O)O)NC(=O)N1C2CCC1CC(O)C2. The third-order valence-corrected chi connectivity index (χ3v) is 4.35. The number of piperidine rings is 1. The third-order valence-electron chi connectivity index (χ3n) is 4.35. The largest absolute Gasteiger partial charge is 0.481 e. The van der Waals surface area contributed by atoms with Crippen LogP contribution in [0.25, 0.3) is 0 Å². The van der Waals surface area contributed by atoms with Crippen molar-refractivity contribution in [2.24, 2.45) is 0 Å². The van der Waals surface area contributed by atoms with Gasteiger partial charge in [0.2, 0.25) is 0 Å². The fourth-order valence-electron chi connectivity index (χ4n) is 3.32. The number of amides is 2. The summed E-state index contributed by atoms with van der Waals surface area (Å²) in [6.07, 6.45) is 3.35. The van der Waals surface area contributed by atoms with Crippen molar-refractivity contribution in [3.63, 3.8) is 0 Å². The third kappa shape index (κ3) is 3.42. The number of aliphatic carboxylic acids is 1. The maximum Gasteiger partial charge on any atom is 0.318 e. The zero-order chi connectivity index (χ0) is 14.9. The minimum absolute atomic E-state index is 0.0405. The first-order valence-electron chi connectivity index (χ1n) is 7.29. The van der Waals surface area contributed by atoms with Crippen LogP contribution in [0.15, 0.2) is 0 Å². The Hall–Kier alpha value is -1.30. The first kappa shape index (κ1) is 15.1. The quantitative estimate of drug-likeness (QED) is 0.726. The van der Waals surface area contributed by atoms with Gasteiger partial charge in [0.05, 0.1) is 6.10 Å². The summed E-state index contributed by atoms with van der Waals surface area (Å²) in [5, 5.41) is 21.4. The van der Waals surface area contributed by atoms with Gasteiger partial charge in [-0.15, -0.1) is 0 Å². The zero-order valence-corrected chi connectivity index (χ0v) is 12.1. The molecule has 2 unspecified atom stereocenters. The molecule has 114 valence electrons. The fourth-order valence-corrected chi connectivity index (χ4v) is 3.32. The Balaban J connectivity index is 1.93. The number of carbonyl (C=O) groups excluding carboxylic acids is 1. The average Bonchev–Trinajstić information content (AvgIpc) is 2.59. The molecule has 0 aliphatic carbocycles. The molecule has 2 bridgehead atoms. The highest BCUT2D eigenvalue weighted by Gasteiger charge is 2.43. The van der Waals surface area contributed by atoms with E-state index in [0.717, 1.165) is 12.8 Å². The Kier molecular flexibility index (Phi) is 4.22. The molecule has 0 aromatic heterocycles. The fraction of sp³-hybridized carbons (Fsp3) is 0.857. The van der Waals surface area contributed by atoms with Crippen molar-refractivity contribution in [2.75, 3.05) is 0 Å². The molecular formula is C14H24N2O4. The van der Waals surface area contributed by atoms with Crippen molar-refractivity contribution in [1.82, 2.24) is 10.2 Å². The highest BCUT2D eigenvalue weighted by atomic mass is 16.4. The van der Waals surface area contributed by atoms with Gasteiger partial charge in [-0.25, -0.2) is 4.79 Å². The van der Waals surface area contributed by atoms with Crippen molar-refractivity contribution in [3.05, 3.63) is 0 Å². The smallest absolute Gasteiger partial charge is 0.318 e. The maximum atomic E-state index is 12.4. The van der Waals surface area contributed by atoms with Gasteiger partial charge >= 0.3 is 12.0 Å². The standard InChI is InChI=1S/C14H24N2O4/c1-14(2,6-5-12(18)19)15-13(20)16-9-3-4-10(16)8-11(17)7-9/h9-11,17H,3-8H2,1-2H3,(H,15,20)(H,18,19). The molecule has 6 nitrogen and oxygen atoms in total. The molecule has 2 amide bonds. The Morgan fingerprint density at radius 3 is 2.30 bits per heavy atom. The van der Waals surface area contributed by atoms with Crippen LogP contribution in [0.1, 0.15) is 52.4 Å². The summed E-state index contributed by atoms with van der Waals surface area (Å²) in [4.78, 5) is 24.9. The van der Waals surface area contributed by atoms with E-state index >= 15 is 0 Å². The molecule has 2 saturated heterocycles. The van der Waals surface area contributed by atoms with Crippen LogP contribution in [0.5, 0.6) is 0 Å². The summed E-state index contributed by atoms with van der Waals surface area (Å²) in [6, 6.07) is 0.123. The number of nitrogens with zero attached hydrogens (tertiary/aromatic N) is 1. The van der Waals surface area contributed by atoms with Crippen molar-refractivity contribution in [1.29, 1.82) is 0 Å². The molecule has 2 rings (SSSR count). The molecule has 2 heterocycles. The molecule has 0 saturated carbocycles. The number of aliphatic hydroxyl groups excluding tert-OH is 1. The Labute approximate surface area is 119 Å². The lowest BCUT2D eigenvalue weighted by atomic mass is 9.97. The number of fused-ring (bicyclic) bond motifs is 2. The molecule has 0 aromatic rings. The molecule has 2 aliphatic rings. The molecule has 0 spiro atoms. The van der Waals surface area contributed by atoms with Crippen molar-refractivity contribution >= 4 is 12.0 Å². The molecule has 0 aromatic carbocycles. The second-order valence-electron chi connectivity index (χ2n) is 6.63. The molecule has 2 fully saturated rings. The Morgan fingerprint density at radius 1 is 1.25 bits per heavy atom. The van der Waals surface area contributed by atoms with Crippen LogP contribution in [-0.4, -0.2) is 50.8 Å². The van der Waals surface area contributed by atoms with E-state index in [1.165, 1.54) is 0 Å². The molecule has 3 N–H and O–H groups in total. The molecule has 2 atom stereocenters. The number of carboxylic acid groups (broad SMARTS) is 1. The van der Waals surface area contributed by atoms with Crippen LogP contribution in [-0.2, 0) is 4.79 Å². The van der Waals surface area contributed by atoms with Gasteiger partial charge in [-0.1, -0.05) is 0 Å². The van der Waals surface area contributed by atoms with Gasteiger partial charge < -0.3 is 20.4 Å². The second-order valence-corrected chi connectivity index (χ2v) is 6.63. The minimum atomic E-state index is -0.853. The van der Waals surface area contributed by atoms with Gasteiger partial charge in [0.1, 0.15) is 0 Å². The van der Waals surface area contributed by atoms with E-state index in [0.29, 0.717) is 19.3 Å². The van der Waals surface area contributed by atoms with Crippen LogP contribution >= 0.6 is 0 Å². The van der Waals surface area contributed by atoms with E-state index < -0.39 is 11.5 Å². The normalized spacial score (nSPS) is 29.4. The van der Waals surface area contributed by atoms with Crippen molar-refractivity contribution < 1.29 is 19.8 Å². The molecular weight excluding hydrogens is 260 g/mol. The predicted octanol–water partition coefficient (Wildman–Crippen LogP) is 1.33. The van der Waals surface area contributed by atoms with Crippen molar-refractivity contribution in [2.45, 2.75) is 76.1 Å². The predicted molar refractivity (Wildman–Crippen MR) is 73.4 cm³/mol. The molecule has 2 aliphatic heterocycles. The molecule has 0 radical (unpaired) electrons. The highest BCUT2D eigenvalue weighted by Crippen LogP contribution is 2.35. The number of carboxylic acids is 1. The van der Waals surface area contributed by atoms with Crippen LogP contribution in [0.2, 0.25) is 0 Å². The summed E-state index contributed by atoms with van der Waals surface area (Å²) >= 11 is 0. The monoisotopic (exact) mass is 284 g/mol. The zero-order valence-electron chi connectivity index (χ0n) is 12.1. The minimum Gasteiger partial charge on any atom is -0.481 e. The first-order chi connectivity index (χ1) is 9.28. The summed E-state index contributed by atoms with van der Waals surface area (Å²) in [6.45, 7) is 3.68. The van der Waals surface area contributed by atoms with Crippen LogP contribution < -0.4 is 5.32 Å². The Bertz CT molecular complexity index is 383. The Morgan fingerprint density at radius 2 is 1.80 bits per heavy atom. The molecule has 6 heteroatoms. The summed E-state index contributed by atoms with van der Waals surface area (Å²) in [7, 11) is 0. The van der Waals surface area contributed by atoms with E-state index in [1.54, 1.807) is 0 Å². The molecule has 20 heavy (non-hydrogen) atoms. The number of carbonyl (C=O) groups is 2. The number of nitrogens with one attached hydrogen (secondary N) is 1. The number of hydrogen-bond acceptors (Lipinski definition) is 3. The van der Waals surface area contributed by atoms with E-state index in [9.17, 15) is 14.7 Å². The van der Waals surface area contributed by atoms with Gasteiger partial charge in [0, 0.05) is 24.0 Å². The average molecular weight is 284 g/mol. The number of rotatable bonds is 4. The lowest BCUT2D eigenvalue weighted by Crippen LogP contribution is -2.56. The van der Waals surface area contributed by atoms with Gasteiger partial charge in [-0.3, -0.25) is 4.79 Å². The van der Waals surface area contributed by atoms with Crippen LogP contribution in [0, 0.1) is 0 Å². The second kappa shape index (κ2) is 5.60.